The molecule has 1 aromatic carbocycles. The van der Waals surface area contributed by atoms with E-state index in [0.29, 0.717) is 12.0 Å². The zero-order valence-corrected chi connectivity index (χ0v) is 19.6. The highest BCUT2D eigenvalue weighted by molar-refractivity contribution is 5.79. The summed E-state index contributed by atoms with van der Waals surface area (Å²) >= 11 is 0. The third kappa shape index (κ3) is 8.43. The number of rotatable bonds is 10. The number of ether oxygens (including phenoxy) is 2. The lowest BCUT2D eigenvalue weighted by molar-refractivity contribution is 0.0203. The lowest BCUT2D eigenvalue weighted by atomic mass is 10.0. The van der Waals surface area contributed by atoms with Gasteiger partial charge < -0.3 is 20.1 Å². The van der Waals surface area contributed by atoms with Crippen LogP contribution in [0.2, 0.25) is 0 Å². The summed E-state index contributed by atoms with van der Waals surface area (Å²) in [6, 6.07) is 9.46. The first kappa shape index (κ1) is 24.0. The Morgan fingerprint density at radius 2 is 1.94 bits per heavy atom. The number of piperidine rings is 1. The molecular weight excluding hydrogens is 388 g/mol. The summed E-state index contributed by atoms with van der Waals surface area (Å²) in [5, 5.41) is 6.90. The van der Waals surface area contributed by atoms with Crippen LogP contribution in [0.5, 0.6) is 0 Å². The van der Waals surface area contributed by atoms with Gasteiger partial charge in [-0.1, -0.05) is 30.7 Å². The molecule has 0 aliphatic carbocycles. The van der Waals surface area contributed by atoms with Crippen LogP contribution in [0.1, 0.15) is 56.6 Å². The van der Waals surface area contributed by atoms with Gasteiger partial charge in [-0.25, -0.2) is 0 Å². The molecular formula is C25H42N4O2. The quantitative estimate of drug-likeness (QED) is 0.338. The Bertz CT molecular complexity index is 661. The molecule has 1 aromatic rings. The summed E-state index contributed by atoms with van der Waals surface area (Å²) in [7, 11) is 1.83. The number of guanidine groups is 1. The minimum atomic E-state index is 0.670. The molecule has 0 bridgehead atoms. The number of nitrogens with one attached hydrogen (secondary N) is 2. The van der Waals surface area contributed by atoms with Crippen LogP contribution in [-0.4, -0.2) is 63.5 Å². The first-order valence-corrected chi connectivity index (χ1v) is 12.2. The van der Waals surface area contributed by atoms with Crippen molar-refractivity contribution in [3.05, 3.63) is 35.4 Å². The Balaban J connectivity index is 1.35. The van der Waals surface area contributed by atoms with E-state index in [1.54, 1.807) is 0 Å². The molecule has 0 amide bonds. The number of likely N-dealkylation sites (tertiary alicyclic amines) is 1. The van der Waals surface area contributed by atoms with Crippen LogP contribution >= 0.6 is 0 Å². The van der Waals surface area contributed by atoms with Crippen molar-refractivity contribution in [1.82, 2.24) is 15.5 Å². The first-order valence-electron chi connectivity index (χ1n) is 12.2. The fourth-order valence-electron chi connectivity index (χ4n) is 4.44. The molecule has 1 atom stereocenters. The van der Waals surface area contributed by atoms with Gasteiger partial charge in [0, 0.05) is 59.2 Å². The van der Waals surface area contributed by atoms with Crippen LogP contribution in [0.15, 0.2) is 29.3 Å². The van der Waals surface area contributed by atoms with Crippen LogP contribution in [0, 0.1) is 5.92 Å². The van der Waals surface area contributed by atoms with Crippen molar-refractivity contribution in [3.8, 4) is 0 Å². The molecule has 2 heterocycles. The molecule has 0 saturated carbocycles. The van der Waals surface area contributed by atoms with Crippen molar-refractivity contribution in [2.75, 3.05) is 46.6 Å². The van der Waals surface area contributed by atoms with Gasteiger partial charge >= 0.3 is 0 Å². The van der Waals surface area contributed by atoms with E-state index in [9.17, 15) is 0 Å². The Labute approximate surface area is 188 Å². The molecule has 6 nitrogen and oxygen atoms in total. The summed E-state index contributed by atoms with van der Waals surface area (Å²) in [6.45, 7) is 9.69. The second-order valence-corrected chi connectivity index (χ2v) is 8.92. The van der Waals surface area contributed by atoms with Crippen LogP contribution in [0.4, 0.5) is 0 Å². The minimum absolute atomic E-state index is 0.670. The van der Waals surface area contributed by atoms with Crippen LogP contribution < -0.4 is 10.6 Å². The Morgan fingerprint density at radius 1 is 1.13 bits per heavy atom. The summed E-state index contributed by atoms with van der Waals surface area (Å²) in [5.74, 6) is 1.52. The van der Waals surface area contributed by atoms with Crippen molar-refractivity contribution >= 4 is 5.96 Å². The highest BCUT2D eigenvalue weighted by Gasteiger charge is 2.19. The highest BCUT2D eigenvalue weighted by Crippen LogP contribution is 2.21. The predicted octanol–water partition coefficient (Wildman–Crippen LogP) is 3.56. The third-order valence-electron chi connectivity index (χ3n) is 6.55. The molecule has 1 unspecified atom stereocenters. The van der Waals surface area contributed by atoms with Gasteiger partial charge in [-0.3, -0.25) is 9.89 Å². The maximum Gasteiger partial charge on any atom is 0.191 e. The van der Waals surface area contributed by atoms with Crippen LogP contribution in [0.3, 0.4) is 0 Å². The minimum Gasteiger partial charge on any atom is -0.381 e. The first-order chi connectivity index (χ1) is 15.3. The zero-order chi connectivity index (χ0) is 21.7. The smallest absolute Gasteiger partial charge is 0.191 e. The van der Waals surface area contributed by atoms with Gasteiger partial charge in [-0.15, -0.1) is 0 Å². The van der Waals surface area contributed by atoms with E-state index in [0.717, 1.165) is 71.3 Å². The third-order valence-corrected chi connectivity index (χ3v) is 6.55. The number of hydrogen-bond donors (Lipinski definition) is 2. The van der Waals surface area contributed by atoms with Crippen molar-refractivity contribution in [1.29, 1.82) is 0 Å². The lowest BCUT2D eigenvalue weighted by Crippen LogP contribution is -2.39. The topological polar surface area (TPSA) is 58.1 Å². The fourth-order valence-corrected chi connectivity index (χ4v) is 4.44. The van der Waals surface area contributed by atoms with Gasteiger partial charge in [0.15, 0.2) is 5.96 Å². The Hall–Kier alpha value is -1.63. The maximum atomic E-state index is 5.85. The number of hydrogen-bond acceptors (Lipinski definition) is 4. The van der Waals surface area contributed by atoms with Crippen LogP contribution in [0.25, 0.3) is 0 Å². The summed E-state index contributed by atoms with van der Waals surface area (Å²) in [4.78, 5) is 7.00. The van der Waals surface area contributed by atoms with E-state index in [2.05, 4.69) is 51.7 Å². The molecule has 0 radical (unpaired) electrons. The second kappa shape index (κ2) is 13.7. The van der Waals surface area contributed by atoms with E-state index in [1.807, 2.05) is 7.05 Å². The Kier molecular flexibility index (Phi) is 10.6. The van der Waals surface area contributed by atoms with E-state index in [-0.39, 0.29) is 0 Å². The average molecular weight is 431 g/mol. The van der Waals surface area contributed by atoms with Crippen molar-refractivity contribution in [2.45, 2.75) is 64.6 Å². The largest absolute Gasteiger partial charge is 0.381 e. The molecule has 2 aliphatic heterocycles. The van der Waals surface area contributed by atoms with Crippen molar-refractivity contribution in [3.63, 3.8) is 0 Å². The average Bonchev–Trinajstić information content (AvgIpc) is 2.81. The molecule has 2 N–H and O–H groups in total. The Morgan fingerprint density at radius 3 is 2.71 bits per heavy atom. The van der Waals surface area contributed by atoms with E-state index < -0.39 is 0 Å². The molecule has 2 saturated heterocycles. The highest BCUT2D eigenvalue weighted by atomic mass is 16.5. The molecule has 31 heavy (non-hydrogen) atoms. The summed E-state index contributed by atoms with van der Waals surface area (Å²) in [6.07, 6.45) is 7.24. The molecule has 2 aliphatic rings. The predicted molar refractivity (Wildman–Crippen MR) is 127 cm³/mol. The number of aliphatic imine (C=N–C) groups is 1. The number of benzene rings is 1. The van der Waals surface area contributed by atoms with E-state index in [1.165, 1.54) is 36.9 Å². The standard InChI is InChI=1S/C25H42N4O2/c1-21-8-5-6-14-29(21)19-24-10-4-3-9-23(24)18-28-25(26-2)27-13-7-15-31-20-22-11-16-30-17-12-22/h3-4,9-10,21-22H,5-8,11-20H2,1-2H3,(H2,26,27,28). The molecule has 174 valence electrons. The molecule has 0 spiro atoms. The zero-order valence-electron chi connectivity index (χ0n) is 19.6. The molecule has 0 aromatic heterocycles. The van der Waals surface area contributed by atoms with Gasteiger partial charge in [0.2, 0.25) is 0 Å². The summed E-state index contributed by atoms with van der Waals surface area (Å²) in [5.41, 5.74) is 2.77. The summed E-state index contributed by atoms with van der Waals surface area (Å²) < 4.78 is 11.3. The molecule has 3 rings (SSSR count). The lowest BCUT2D eigenvalue weighted by Gasteiger charge is -2.33. The SMILES string of the molecule is CN=C(NCCCOCC1CCOCC1)NCc1ccccc1CN1CCCCC1C. The fraction of sp³-hybridized carbons (Fsp3) is 0.720. The van der Waals surface area contributed by atoms with E-state index in [4.69, 9.17) is 9.47 Å². The molecule has 6 heteroatoms. The van der Waals surface area contributed by atoms with Gasteiger partial charge in [0.1, 0.15) is 0 Å². The molecule has 2 fully saturated rings. The number of nitrogens with zero attached hydrogens (tertiary/aromatic N) is 2. The van der Waals surface area contributed by atoms with Gasteiger partial charge in [0.05, 0.1) is 0 Å². The maximum absolute atomic E-state index is 5.85. The van der Waals surface area contributed by atoms with Gasteiger partial charge in [-0.05, 0) is 62.6 Å². The van der Waals surface area contributed by atoms with Crippen LogP contribution in [-0.2, 0) is 22.6 Å². The van der Waals surface area contributed by atoms with Crippen molar-refractivity contribution in [2.24, 2.45) is 10.9 Å². The normalized spacial score (nSPS) is 21.2. The van der Waals surface area contributed by atoms with Crippen molar-refractivity contribution < 1.29 is 9.47 Å². The second-order valence-electron chi connectivity index (χ2n) is 8.92. The van der Waals surface area contributed by atoms with Gasteiger partial charge in [-0.2, -0.15) is 0 Å². The monoisotopic (exact) mass is 430 g/mol. The van der Waals surface area contributed by atoms with Gasteiger partial charge in [0.25, 0.3) is 0 Å². The van der Waals surface area contributed by atoms with E-state index >= 15 is 0 Å².